The van der Waals surface area contributed by atoms with Crippen LogP contribution in [0.25, 0.3) is 11.5 Å². The molecule has 3 aromatic rings. The highest BCUT2D eigenvalue weighted by atomic mass is 32.2. The molecule has 0 saturated carbocycles. The van der Waals surface area contributed by atoms with Crippen molar-refractivity contribution in [3.8, 4) is 23.0 Å². The standard InChI is InChI=1S/C21H19N3O4S/c1-12-9-14-5-3-4-6-16(14)24(12)20(25)13(2)29-21-23-22-19(28-21)15-7-8-17-18(10-15)27-11-26-17/h3-8,10,12-13H,9,11H2,1-2H3/t12-,13+/m1/s1. The molecule has 0 radical (unpaired) electrons. The molecule has 7 nitrogen and oxygen atoms in total. The molecule has 29 heavy (non-hydrogen) atoms. The number of amides is 1. The maximum Gasteiger partial charge on any atom is 0.277 e. The van der Waals surface area contributed by atoms with Crippen LogP contribution in [0, 0.1) is 0 Å². The van der Waals surface area contributed by atoms with E-state index in [4.69, 9.17) is 13.9 Å². The predicted molar refractivity (Wildman–Crippen MR) is 108 cm³/mol. The van der Waals surface area contributed by atoms with Crippen molar-refractivity contribution in [1.29, 1.82) is 0 Å². The van der Waals surface area contributed by atoms with Crippen molar-refractivity contribution in [2.45, 2.75) is 36.8 Å². The van der Waals surface area contributed by atoms with E-state index in [1.54, 1.807) is 0 Å². The third-order valence-electron chi connectivity index (χ3n) is 5.10. The molecular formula is C21H19N3O4S. The number of hydrogen-bond donors (Lipinski definition) is 0. The van der Waals surface area contributed by atoms with Crippen molar-refractivity contribution in [3.05, 3.63) is 48.0 Å². The summed E-state index contributed by atoms with van der Waals surface area (Å²) in [5, 5.41) is 8.22. The summed E-state index contributed by atoms with van der Waals surface area (Å²) >= 11 is 1.27. The summed E-state index contributed by atoms with van der Waals surface area (Å²) in [6.07, 6.45) is 0.869. The first-order chi connectivity index (χ1) is 14.1. The first-order valence-electron chi connectivity index (χ1n) is 9.41. The molecule has 2 atom stereocenters. The zero-order valence-corrected chi connectivity index (χ0v) is 16.8. The Labute approximate surface area is 172 Å². The Bertz CT molecular complexity index is 1080. The lowest BCUT2D eigenvalue weighted by Crippen LogP contribution is -2.40. The summed E-state index contributed by atoms with van der Waals surface area (Å²) < 4.78 is 16.5. The number of thioether (sulfide) groups is 1. The normalized spacial score (nSPS) is 18.0. The minimum Gasteiger partial charge on any atom is -0.454 e. The summed E-state index contributed by atoms with van der Waals surface area (Å²) in [5.74, 6) is 1.77. The maximum absolute atomic E-state index is 13.1. The monoisotopic (exact) mass is 409 g/mol. The Morgan fingerprint density at radius 2 is 2.00 bits per heavy atom. The summed E-state index contributed by atoms with van der Waals surface area (Å²) in [5.41, 5.74) is 2.94. The van der Waals surface area contributed by atoms with Crippen molar-refractivity contribution < 1.29 is 18.7 Å². The lowest BCUT2D eigenvalue weighted by molar-refractivity contribution is -0.118. The fourth-order valence-electron chi connectivity index (χ4n) is 3.70. The molecule has 0 spiro atoms. The number of carbonyl (C=O) groups excluding carboxylic acids is 1. The molecule has 0 aliphatic carbocycles. The first-order valence-corrected chi connectivity index (χ1v) is 10.3. The van der Waals surface area contributed by atoms with Gasteiger partial charge in [-0.15, -0.1) is 10.2 Å². The average molecular weight is 409 g/mol. The van der Waals surface area contributed by atoms with E-state index < -0.39 is 0 Å². The molecule has 0 fully saturated rings. The van der Waals surface area contributed by atoms with Gasteiger partial charge in [0.15, 0.2) is 11.5 Å². The number of ether oxygens (including phenoxy) is 2. The molecule has 1 amide bonds. The molecular weight excluding hydrogens is 390 g/mol. The van der Waals surface area contributed by atoms with Gasteiger partial charge in [0, 0.05) is 17.3 Å². The quantitative estimate of drug-likeness (QED) is 0.604. The number of fused-ring (bicyclic) bond motifs is 2. The molecule has 1 aromatic heterocycles. The van der Waals surface area contributed by atoms with Crippen LogP contribution in [0.15, 0.2) is 52.1 Å². The fourth-order valence-corrected chi connectivity index (χ4v) is 4.43. The lowest BCUT2D eigenvalue weighted by atomic mass is 10.1. The molecule has 5 rings (SSSR count). The number of para-hydroxylation sites is 1. The van der Waals surface area contributed by atoms with Crippen LogP contribution in [0.1, 0.15) is 19.4 Å². The van der Waals surface area contributed by atoms with Gasteiger partial charge in [-0.2, -0.15) is 0 Å². The van der Waals surface area contributed by atoms with Gasteiger partial charge in [-0.3, -0.25) is 4.79 Å². The molecule has 0 bridgehead atoms. The van der Waals surface area contributed by atoms with E-state index in [-0.39, 0.29) is 24.0 Å². The minimum absolute atomic E-state index is 0.0373. The van der Waals surface area contributed by atoms with Gasteiger partial charge in [-0.25, -0.2) is 0 Å². The Morgan fingerprint density at radius 3 is 2.90 bits per heavy atom. The number of rotatable bonds is 4. The number of carbonyl (C=O) groups is 1. The largest absolute Gasteiger partial charge is 0.454 e. The Balaban J connectivity index is 1.32. The molecule has 2 aliphatic heterocycles. The van der Waals surface area contributed by atoms with Gasteiger partial charge >= 0.3 is 0 Å². The van der Waals surface area contributed by atoms with Crippen LogP contribution in [0.3, 0.4) is 0 Å². The van der Waals surface area contributed by atoms with Gasteiger partial charge in [0.2, 0.25) is 18.6 Å². The van der Waals surface area contributed by atoms with Gasteiger partial charge in [-0.1, -0.05) is 30.0 Å². The second-order valence-electron chi connectivity index (χ2n) is 7.09. The van der Waals surface area contributed by atoms with Crippen LogP contribution in [-0.4, -0.2) is 34.2 Å². The average Bonchev–Trinajstić information content (AvgIpc) is 3.44. The highest BCUT2D eigenvalue weighted by Gasteiger charge is 2.34. The van der Waals surface area contributed by atoms with Crippen molar-refractivity contribution >= 4 is 23.4 Å². The Hall–Kier alpha value is -3.00. The minimum atomic E-state index is -0.353. The van der Waals surface area contributed by atoms with E-state index in [1.807, 2.05) is 48.2 Å². The lowest BCUT2D eigenvalue weighted by Gasteiger charge is -2.25. The van der Waals surface area contributed by atoms with Crippen molar-refractivity contribution in [1.82, 2.24) is 10.2 Å². The molecule has 2 aliphatic rings. The van der Waals surface area contributed by atoms with Gasteiger partial charge in [0.05, 0.1) is 5.25 Å². The third kappa shape index (κ3) is 3.23. The van der Waals surface area contributed by atoms with E-state index in [0.717, 1.165) is 17.7 Å². The summed E-state index contributed by atoms with van der Waals surface area (Å²) in [6, 6.07) is 13.6. The van der Waals surface area contributed by atoms with Crippen LogP contribution in [0.2, 0.25) is 0 Å². The molecule has 148 valence electrons. The van der Waals surface area contributed by atoms with Crippen LogP contribution < -0.4 is 14.4 Å². The predicted octanol–water partition coefficient (Wildman–Crippen LogP) is 3.92. The summed E-state index contributed by atoms with van der Waals surface area (Å²) in [4.78, 5) is 15.0. The Morgan fingerprint density at radius 1 is 1.17 bits per heavy atom. The molecule has 0 unspecified atom stereocenters. The van der Waals surface area contributed by atoms with Gasteiger partial charge in [0.1, 0.15) is 0 Å². The third-order valence-corrected chi connectivity index (χ3v) is 6.02. The highest BCUT2D eigenvalue weighted by Crippen LogP contribution is 2.37. The molecule has 0 saturated heterocycles. The van der Waals surface area contributed by atoms with E-state index >= 15 is 0 Å². The second kappa shape index (κ2) is 7.11. The summed E-state index contributed by atoms with van der Waals surface area (Å²) in [6.45, 7) is 4.15. The SMILES string of the molecule is C[C@H](Sc1nnc(-c2ccc3c(c2)OCO3)o1)C(=O)N1c2ccccc2C[C@H]1C. The van der Waals surface area contributed by atoms with Crippen molar-refractivity contribution in [3.63, 3.8) is 0 Å². The van der Waals surface area contributed by atoms with Crippen LogP contribution in [0.5, 0.6) is 11.5 Å². The molecule has 0 N–H and O–H groups in total. The van der Waals surface area contributed by atoms with E-state index in [0.29, 0.717) is 22.6 Å². The highest BCUT2D eigenvalue weighted by molar-refractivity contribution is 8.00. The van der Waals surface area contributed by atoms with Crippen LogP contribution in [0.4, 0.5) is 5.69 Å². The Kier molecular flexibility index (Phi) is 4.43. The van der Waals surface area contributed by atoms with Gasteiger partial charge < -0.3 is 18.8 Å². The van der Waals surface area contributed by atoms with Gasteiger partial charge in [0.25, 0.3) is 5.22 Å². The maximum atomic E-state index is 13.1. The molecule has 2 aromatic carbocycles. The van der Waals surface area contributed by atoms with E-state index in [2.05, 4.69) is 23.2 Å². The number of benzene rings is 2. The smallest absolute Gasteiger partial charge is 0.277 e. The number of aromatic nitrogens is 2. The number of nitrogens with zero attached hydrogens (tertiary/aromatic N) is 3. The van der Waals surface area contributed by atoms with Gasteiger partial charge in [-0.05, 0) is 50.1 Å². The fraction of sp³-hybridized carbons (Fsp3) is 0.286. The van der Waals surface area contributed by atoms with Crippen molar-refractivity contribution in [2.24, 2.45) is 0 Å². The topological polar surface area (TPSA) is 77.7 Å². The van der Waals surface area contributed by atoms with E-state index in [1.165, 1.54) is 17.3 Å². The number of hydrogen-bond acceptors (Lipinski definition) is 7. The molecule has 8 heteroatoms. The molecule has 3 heterocycles. The van der Waals surface area contributed by atoms with Crippen molar-refractivity contribution in [2.75, 3.05) is 11.7 Å². The zero-order chi connectivity index (χ0) is 20.0. The van der Waals surface area contributed by atoms with Crippen LogP contribution >= 0.6 is 11.8 Å². The van der Waals surface area contributed by atoms with Crippen LogP contribution in [-0.2, 0) is 11.2 Å². The zero-order valence-electron chi connectivity index (χ0n) is 16.0. The van der Waals surface area contributed by atoms with E-state index in [9.17, 15) is 4.79 Å². The number of anilines is 1. The first kappa shape index (κ1) is 18.1. The summed E-state index contributed by atoms with van der Waals surface area (Å²) in [7, 11) is 0. The second-order valence-corrected chi connectivity index (χ2v) is 8.38.